The fourth-order valence-corrected chi connectivity index (χ4v) is 4.40. The van der Waals surface area contributed by atoms with Gasteiger partial charge >= 0.3 is 0 Å². The van der Waals surface area contributed by atoms with Crippen molar-refractivity contribution in [2.45, 2.75) is 57.3 Å². The summed E-state index contributed by atoms with van der Waals surface area (Å²) < 4.78 is 6.51. The SMILES string of the molecule is C=CC[C@]1(O[Si](C)(C)C)CCCC[C@H]1C=C. The number of hydrogen-bond donors (Lipinski definition) is 0. The highest BCUT2D eigenvalue weighted by Crippen LogP contribution is 2.42. The second kappa shape index (κ2) is 5.33. The van der Waals surface area contributed by atoms with Crippen molar-refractivity contribution in [3.8, 4) is 0 Å². The molecule has 1 nitrogen and oxygen atoms in total. The lowest BCUT2D eigenvalue weighted by Gasteiger charge is -2.46. The van der Waals surface area contributed by atoms with Crippen LogP contribution in [0.1, 0.15) is 32.1 Å². The van der Waals surface area contributed by atoms with Gasteiger partial charge in [0.2, 0.25) is 0 Å². The zero-order valence-corrected chi connectivity index (χ0v) is 12.1. The molecule has 16 heavy (non-hydrogen) atoms. The summed E-state index contributed by atoms with van der Waals surface area (Å²) in [6.07, 6.45) is 10.1. The van der Waals surface area contributed by atoms with Crippen LogP contribution >= 0.6 is 0 Å². The van der Waals surface area contributed by atoms with Crippen LogP contribution in [0.3, 0.4) is 0 Å². The first-order valence-corrected chi connectivity index (χ1v) is 9.78. The standard InChI is InChI=1S/C14H26OSi/c1-6-11-14(15-16(3,4)5)12-9-8-10-13(14)7-2/h6-7,13H,1-2,8-12H2,3-5H3/t13-,14+/m1/s1. The largest absolute Gasteiger partial charge is 0.411 e. The van der Waals surface area contributed by atoms with Gasteiger partial charge in [-0.05, 0) is 38.9 Å². The van der Waals surface area contributed by atoms with E-state index in [0.29, 0.717) is 5.92 Å². The van der Waals surface area contributed by atoms with E-state index in [1.807, 2.05) is 6.08 Å². The number of rotatable bonds is 5. The molecule has 2 atom stereocenters. The molecule has 0 saturated heterocycles. The van der Waals surface area contributed by atoms with Gasteiger partial charge in [-0.25, -0.2) is 0 Å². The molecule has 1 aliphatic rings. The molecule has 0 aromatic heterocycles. The molecule has 0 bridgehead atoms. The molecule has 0 N–H and O–H groups in total. The highest BCUT2D eigenvalue weighted by atomic mass is 28.4. The summed E-state index contributed by atoms with van der Waals surface area (Å²) in [5.41, 5.74) is 0.00617. The van der Waals surface area contributed by atoms with Crippen molar-refractivity contribution >= 4 is 8.32 Å². The minimum absolute atomic E-state index is 0.00617. The lowest BCUT2D eigenvalue weighted by molar-refractivity contribution is -0.00907. The Labute approximate surface area is 102 Å². The van der Waals surface area contributed by atoms with Crippen molar-refractivity contribution < 1.29 is 4.43 Å². The topological polar surface area (TPSA) is 9.23 Å². The quantitative estimate of drug-likeness (QED) is 0.505. The van der Waals surface area contributed by atoms with Crippen molar-refractivity contribution in [3.63, 3.8) is 0 Å². The van der Waals surface area contributed by atoms with Crippen molar-refractivity contribution in [2.75, 3.05) is 0 Å². The first-order valence-electron chi connectivity index (χ1n) is 6.37. The van der Waals surface area contributed by atoms with Gasteiger partial charge in [-0.15, -0.1) is 13.2 Å². The molecule has 0 aromatic carbocycles. The molecule has 2 heteroatoms. The zero-order chi connectivity index (χ0) is 12.2. The van der Waals surface area contributed by atoms with Gasteiger partial charge in [-0.1, -0.05) is 25.0 Å². The lowest BCUT2D eigenvalue weighted by atomic mass is 9.73. The molecule has 92 valence electrons. The van der Waals surface area contributed by atoms with Crippen LogP contribution in [0.4, 0.5) is 0 Å². The molecule has 1 aliphatic carbocycles. The monoisotopic (exact) mass is 238 g/mol. The van der Waals surface area contributed by atoms with E-state index in [2.05, 4.69) is 38.9 Å². The molecule has 0 aliphatic heterocycles. The Bertz CT molecular complexity index is 254. The summed E-state index contributed by atoms with van der Waals surface area (Å²) in [5, 5.41) is 0. The molecule has 0 radical (unpaired) electrons. The molecule has 1 fully saturated rings. The third-order valence-electron chi connectivity index (χ3n) is 3.32. The summed E-state index contributed by atoms with van der Waals surface area (Å²) in [5.74, 6) is 0.506. The van der Waals surface area contributed by atoms with E-state index in [0.717, 1.165) is 6.42 Å². The summed E-state index contributed by atoms with van der Waals surface area (Å²) in [6, 6.07) is 0. The Morgan fingerprint density at radius 2 is 2.00 bits per heavy atom. The van der Waals surface area contributed by atoms with Gasteiger partial charge in [0.25, 0.3) is 0 Å². The average molecular weight is 238 g/mol. The molecule has 0 aromatic rings. The highest BCUT2D eigenvalue weighted by molar-refractivity contribution is 6.69. The molecular formula is C14H26OSi. The maximum absolute atomic E-state index is 6.51. The highest BCUT2D eigenvalue weighted by Gasteiger charge is 2.41. The molecule has 1 saturated carbocycles. The van der Waals surface area contributed by atoms with Gasteiger partial charge in [-0.3, -0.25) is 0 Å². The van der Waals surface area contributed by atoms with Crippen LogP contribution in [0, 0.1) is 5.92 Å². The van der Waals surface area contributed by atoms with Gasteiger partial charge in [0, 0.05) is 5.92 Å². The van der Waals surface area contributed by atoms with Crippen molar-refractivity contribution in [1.82, 2.24) is 0 Å². The Hall–Kier alpha value is -0.343. The van der Waals surface area contributed by atoms with E-state index >= 15 is 0 Å². The predicted octanol–water partition coefficient (Wildman–Crippen LogP) is 4.53. The average Bonchev–Trinajstić information content (AvgIpc) is 2.16. The van der Waals surface area contributed by atoms with Crippen LogP contribution in [0.15, 0.2) is 25.3 Å². The van der Waals surface area contributed by atoms with Crippen LogP contribution in [-0.2, 0) is 4.43 Å². The summed E-state index contributed by atoms with van der Waals surface area (Å²) in [7, 11) is -1.51. The molecule has 1 rings (SSSR count). The van der Waals surface area contributed by atoms with Crippen molar-refractivity contribution in [2.24, 2.45) is 5.92 Å². The van der Waals surface area contributed by atoms with E-state index < -0.39 is 8.32 Å². The Morgan fingerprint density at radius 1 is 1.31 bits per heavy atom. The summed E-state index contributed by atoms with van der Waals surface area (Å²) >= 11 is 0. The van der Waals surface area contributed by atoms with E-state index in [4.69, 9.17) is 4.43 Å². The minimum Gasteiger partial charge on any atom is -0.411 e. The fourth-order valence-electron chi connectivity index (χ4n) is 2.85. The van der Waals surface area contributed by atoms with Crippen LogP contribution in [0.2, 0.25) is 19.6 Å². The number of hydrogen-bond acceptors (Lipinski definition) is 1. The van der Waals surface area contributed by atoms with Crippen LogP contribution < -0.4 is 0 Å². The molecule has 0 amide bonds. The van der Waals surface area contributed by atoms with E-state index in [-0.39, 0.29) is 5.60 Å². The van der Waals surface area contributed by atoms with Gasteiger partial charge < -0.3 is 4.43 Å². The Morgan fingerprint density at radius 3 is 2.50 bits per heavy atom. The van der Waals surface area contributed by atoms with E-state index in [1.54, 1.807) is 0 Å². The second-order valence-electron chi connectivity index (χ2n) is 5.86. The minimum atomic E-state index is -1.51. The fraction of sp³-hybridized carbons (Fsp3) is 0.714. The van der Waals surface area contributed by atoms with Gasteiger partial charge in [0.15, 0.2) is 8.32 Å². The van der Waals surface area contributed by atoms with Gasteiger partial charge in [-0.2, -0.15) is 0 Å². The molecule has 0 unspecified atom stereocenters. The van der Waals surface area contributed by atoms with Gasteiger partial charge in [0.05, 0.1) is 5.60 Å². The Kier molecular flexibility index (Phi) is 4.57. The first kappa shape index (κ1) is 13.7. The maximum atomic E-state index is 6.51. The van der Waals surface area contributed by atoms with Crippen LogP contribution in [-0.4, -0.2) is 13.9 Å². The smallest absolute Gasteiger partial charge is 0.184 e. The normalized spacial score (nSPS) is 31.1. The van der Waals surface area contributed by atoms with E-state index in [1.165, 1.54) is 25.7 Å². The maximum Gasteiger partial charge on any atom is 0.184 e. The van der Waals surface area contributed by atoms with Crippen LogP contribution in [0.25, 0.3) is 0 Å². The summed E-state index contributed by atoms with van der Waals surface area (Å²) in [6.45, 7) is 14.7. The molecule has 0 heterocycles. The van der Waals surface area contributed by atoms with Crippen LogP contribution in [0.5, 0.6) is 0 Å². The second-order valence-corrected chi connectivity index (χ2v) is 10.3. The predicted molar refractivity (Wildman–Crippen MR) is 74.1 cm³/mol. The first-order chi connectivity index (χ1) is 7.43. The molecular weight excluding hydrogens is 212 g/mol. The van der Waals surface area contributed by atoms with Crippen molar-refractivity contribution in [1.29, 1.82) is 0 Å². The van der Waals surface area contributed by atoms with E-state index in [9.17, 15) is 0 Å². The van der Waals surface area contributed by atoms with Gasteiger partial charge in [0.1, 0.15) is 0 Å². The molecule has 0 spiro atoms. The third-order valence-corrected chi connectivity index (χ3v) is 4.34. The third kappa shape index (κ3) is 3.32. The lowest BCUT2D eigenvalue weighted by Crippen LogP contribution is -2.48. The zero-order valence-electron chi connectivity index (χ0n) is 11.1. The summed E-state index contributed by atoms with van der Waals surface area (Å²) in [4.78, 5) is 0. The Balaban J connectivity index is 2.91. The van der Waals surface area contributed by atoms with Crippen molar-refractivity contribution in [3.05, 3.63) is 25.3 Å².